The van der Waals surface area contributed by atoms with Crippen molar-refractivity contribution in [1.82, 2.24) is 0 Å². The summed E-state index contributed by atoms with van der Waals surface area (Å²) in [5.41, 5.74) is 0. The Morgan fingerprint density at radius 1 is 0.950 bits per heavy atom. The van der Waals surface area contributed by atoms with Gasteiger partial charge in [-0.3, -0.25) is 0 Å². The van der Waals surface area contributed by atoms with Gasteiger partial charge >= 0.3 is 0 Å². The highest BCUT2D eigenvalue weighted by Gasteiger charge is 2.09. The Hall–Kier alpha value is -1.26. The maximum Gasteiger partial charge on any atom is 0.0997 e. The number of hydrogen-bond acceptors (Lipinski definition) is 0. The third-order valence-corrected chi connectivity index (χ3v) is 8.06. The second kappa shape index (κ2) is 7.51. The molecule has 0 spiro atoms. The molecule has 0 heterocycles. The highest BCUT2D eigenvalue weighted by atomic mass is 28.3. The first kappa shape index (κ1) is 15.1. The zero-order valence-corrected chi connectivity index (χ0v) is 15.1. The van der Waals surface area contributed by atoms with Crippen molar-refractivity contribution in [3.63, 3.8) is 0 Å². The first-order valence-corrected chi connectivity index (χ1v) is 11.0. The van der Waals surface area contributed by atoms with E-state index in [9.17, 15) is 0 Å². The van der Waals surface area contributed by atoms with Gasteiger partial charge in [-0.2, -0.15) is 0 Å². The minimum atomic E-state index is -0.986. The fourth-order valence-electron chi connectivity index (χ4n) is 2.57. The van der Waals surface area contributed by atoms with E-state index >= 15 is 0 Å². The van der Waals surface area contributed by atoms with Crippen molar-refractivity contribution >= 4 is 38.7 Å². The fourth-order valence-corrected chi connectivity index (χ4v) is 5.91. The normalized spacial score (nSPS) is 13.2. The molecule has 0 N–H and O–H groups in total. The van der Waals surface area contributed by atoms with Crippen molar-refractivity contribution in [2.75, 3.05) is 0 Å². The van der Waals surface area contributed by atoms with Crippen molar-refractivity contribution in [1.29, 1.82) is 0 Å². The summed E-state index contributed by atoms with van der Waals surface area (Å²) in [6.45, 7) is 7.00. The summed E-state index contributed by atoms with van der Waals surface area (Å²) in [6.07, 6.45) is 2.56. The van der Waals surface area contributed by atoms with Crippen molar-refractivity contribution in [2.45, 2.75) is 33.2 Å². The van der Waals surface area contributed by atoms with Gasteiger partial charge in [-0.25, -0.2) is 0 Å². The molecule has 0 bridgehead atoms. The quantitative estimate of drug-likeness (QED) is 0.737. The molecule has 1 atom stereocenters. The van der Waals surface area contributed by atoms with E-state index in [0.717, 1.165) is 0 Å². The Morgan fingerprint density at radius 2 is 1.55 bits per heavy atom. The van der Waals surface area contributed by atoms with Crippen LogP contribution in [-0.4, -0.2) is 23.1 Å². The molecule has 2 aromatic carbocycles. The van der Waals surface area contributed by atoms with E-state index in [1.807, 2.05) is 0 Å². The maximum atomic E-state index is 2.42. The molecular weight excluding hydrogens is 272 g/mol. The molecule has 0 aliphatic carbocycles. The van der Waals surface area contributed by atoms with Gasteiger partial charge in [-0.05, 0) is 18.5 Å². The number of hydrogen-bond donors (Lipinski definition) is 0. The summed E-state index contributed by atoms with van der Waals surface area (Å²) in [5.74, 6) is 0. The summed E-state index contributed by atoms with van der Waals surface area (Å²) in [5, 5.41) is 6.29. The molecule has 0 aliphatic heterocycles. The van der Waals surface area contributed by atoms with Crippen LogP contribution in [0.15, 0.2) is 54.6 Å². The van der Waals surface area contributed by atoms with Crippen molar-refractivity contribution < 1.29 is 0 Å². The number of benzene rings is 2. The molecule has 2 rings (SSSR count). The summed E-state index contributed by atoms with van der Waals surface area (Å²) in [6, 6.07) is 20.4. The van der Waals surface area contributed by atoms with E-state index < -0.39 is 8.80 Å². The molecule has 0 radical (unpaired) electrons. The zero-order valence-electron chi connectivity index (χ0n) is 12.8. The first-order valence-electron chi connectivity index (χ1n) is 7.52. The molecule has 0 aromatic heterocycles. The standard InChI is InChI=1S/C18H24Si2/c1-4-8-15(2)19-16-11-13-18(14-12-16)20(3)17-9-6-5-7-10-17/h5-7,9-14,19-20H,4,8H2,1-3H3/b19-15-. The van der Waals surface area contributed by atoms with Crippen molar-refractivity contribution in [2.24, 2.45) is 0 Å². The molecule has 0 saturated heterocycles. The molecule has 0 nitrogen and oxygen atoms in total. The van der Waals surface area contributed by atoms with Crippen LogP contribution in [0.1, 0.15) is 26.7 Å². The van der Waals surface area contributed by atoms with Crippen LogP contribution >= 0.6 is 0 Å². The van der Waals surface area contributed by atoms with E-state index in [2.05, 4.69) is 75.0 Å². The van der Waals surface area contributed by atoms with E-state index in [0.29, 0.717) is 9.13 Å². The summed E-state index contributed by atoms with van der Waals surface area (Å²) >= 11 is 0. The average molecular weight is 297 g/mol. The average Bonchev–Trinajstić information content (AvgIpc) is 2.48. The highest BCUT2D eigenvalue weighted by Crippen LogP contribution is 1.92. The molecule has 0 aliphatic rings. The minimum absolute atomic E-state index is 0.352. The fraction of sp³-hybridized carbons (Fsp3) is 0.278. The van der Waals surface area contributed by atoms with Crippen LogP contribution in [0.2, 0.25) is 6.55 Å². The van der Waals surface area contributed by atoms with Gasteiger partial charge in [0.05, 0.1) is 8.80 Å². The largest absolute Gasteiger partial charge is 0.0997 e. The smallest absolute Gasteiger partial charge is 0.0908 e. The van der Waals surface area contributed by atoms with Gasteiger partial charge in [0.1, 0.15) is 0 Å². The highest BCUT2D eigenvalue weighted by molar-refractivity contribution is 6.84. The van der Waals surface area contributed by atoms with Crippen LogP contribution < -0.4 is 15.6 Å². The maximum absolute atomic E-state index is 2.42. The molecular formula is C18H24Si2. The van der Waals surface area contributed by atoms with E-state index in [4.69, 9.17) is 0 Å². The Labute approximate surface area is 126 Å². The van der Waals surface area contributed by atoms with Crippen LogP contribution in [-0.2, 0) is 0 Å². The molecule has 0 fully saturated rings. The molecule has 2 aromatic rings. The van der Waals surface area contributed by atoms with Gasteiger partial charge in [0.15, 0.2) is 0 Å². The summed E-state index contributed by atoms with van der Waals surface area (Å²) in [7, 11) is -0.634. The lowest BCUT2D eigenvalue weighted by atomic mass is 10.3. The monoisotopic (exact) mass is 296 g/mol. The second-order valence-corrected chi connectivity index (χ2v) is 10.3. The molecule has 0 amide bonds. The van der Waals surface area contributed by atoms with Gasteiger partial charge in [-0.15, -0.1) is 0 Å². The van der Waals surface area contributed by atoms with E-state index in [-0.39, 0.29) is 0 Å². The van der Waals surface area contributed by atoms with E-state index in [1.165, 1.54) is 23.2 Å². The minimum Gasteiger partial charge on any atom is -0.0908 e. The zero-order chi connectivity index (χ0) is 14.4. The lowest BCUT2D eigenvalue weighted by Gasteiger charge is -2.11. The molecule has 104 valence electrons. The molecule has 2 heteroatoms. The van der Waals surface area contributed by atoms with E-state index in [1.54, 1.807) is 10.4 Å². The lowest BCUT2D eigenvalue weighted by Crippen LogP contribution is -2.39. The van der Waals surface area contributed by atoms with Crippen molar-refractivity contribution in [3.05, 3.63) is 54.6 Å². The van der Waals surface area contributed by atoms with Gasteiger partial charge in [-0.1, -0.05) is 90.0 Å². The Bertz CT molecular complexity index is 556. The third kappa shape index (κ3) is 4.12. The van der Waals surface area contributed by atoms with Gasteiger partial charge < -0.3 is 0 Å². The van der Waals surface area contributed by atoms with Gasteiger partial charge in [0.25, 0.3) is 0 Å². The van der Waals surface area contributed by atoms with Crippen LogP contribution in [0.3, 0.4) is 0 Å². The number of rotatable bonds is 5. The van der Waals surface area contributed by atoms with Crippen LogP contribution in [0.25, 0.3) is 0 Å². The predicted molar refractivity (Wildman–Crippen MR) is 97.5 cm³/mol. The van der Waals surface area contributed by atoms with Gasteiger partial charge in [0, 0.05) is 9.13 Å². The summed E-state index contributed by atoms with van der Waals surface area (Å²) in [4.78, 5) is 0. The lowest BCUT2D eigenvalue weighted by molar-refractivity contribution is 1.00. The van der Waals surface area contributed by atoms with Crippen LogP contribution in [0.4, 0.5) is 0 Å². The Morgan fingerprint density at radius 3 is 2.15 bits per heavy atom. The van der Waals surface area contributed by atoms with Crippen LogP contribution in [0.5, 0.6) is 0 Å². The second-order valence-electron chi connectivity index (χ2n) is 5.54. The van der Waals surface area contributed by atoms with Gasteiger partial charge in [0.2, 0.25) is 0 Å². The SMILES string of the molecule is CCC/C(C)=[SiH]\c1ccc([SiH](C)c2ccccc2)cc1. The predicted octanol–water partition coefficient (Wildman–Crippen LogP) is 1.71. The first-order chi connectivity index (χ1) is 9.70. The summed E-state index contributed by atoms with van der Waals surface area (Å²) < 4.78 is 0. The van der Waals surface area contributed by atoms with Crippen LogP contribution in [0, 0.1) is 0 Å². The third-order valence-electron chi connectivity index (χ3n) is 3.79. The molecule has 0 saturated carbocycles. The van der Waals surface area contributed by atoms with Crippen molar-refractivity contribution in [3.8, 4) is 0 Å². The molecule has 20 heavy (non-hydrogen) atoms. The topological polar surface area (TPSA) is 0 Å². The Kier molecular flexibility index (Phi) is 5.68. The molecule has 1 unspecified atom stereocenters. The Balaban J connectivity index is 2.14.